The summed E-state index contributed by atoms with van der Waals surface area (Å²) >= 11 is 3.45. The molecule has 2 aromatic heterocycles. The number of nitrogens with zero attached hydrogens (tertiary/aromatic N) is 2. The number of rotatable bonds is 3. The summed E-state index contributed by atoms with van der Waals surface area (Å²) in [5.41, 5.74) is 5.31. The van der Waals surface area contributed by atoms with Crippen LogP contribution in [0, 0.1) is 13.8 Å². The van der Waals surface area contributed by atoms with E-state index in [-0.39, 0.29) is 5.91 Å². The predicted octanol–water partition coefficient (Wildman–Crippen LogP) is 4.53. The highest BCUT2D eigenvalue weighted by Crippen LogP contribution is 2.20. The van der Waals surface area contributed by atoms with Crippen molar-refractivity contribution in [3.63, 3.8) is 0 Å². The van der Waals surface area contributed by atoms with E-state index in [4.69, 9.17) is 0 Å². The summed E-state index contributed by atoms with van der Waals surface area (Å²) in [7, 11) is 0. The maximum Gasteiger partial charge on any atom is 0.274 e. The zero-order valence-electron chi connectivity index (χ0n) is 13.4. The van der Waals surface area contributed by atoms with Crippen molar-refractivity contribution < 1.29 is 4.79 Å². The minimum atomic E-state index is -0.143. The van der Waals surface area contributed by atoms with Crippen LogP contribution in [-0.2, 0) is 6.42 Å². The average Bonchev–Trinajstić information content (AvgIpc) is 2.88. The monoisotopic (exact) mass is 371 g/mol. The van der Waals surface area contributed by atoms with Crippen molar-refractivity contribution in [3.8, 4) is 0 Å². The lowest BCUT2D eigenvalue weighted by atomic mass is 10.1. The van der Waals surface area contributed by atoms with Gasteiger partial charge in [-0.3, -0.25) is 9.20 Å². The van der Waals surface area contributed by atoms with Crippen LogP contribution >= 0.6 is 15.9 Å². The molecule has 0 saturated heterocycles. The smallest absolute Gasteiger partial charge is 0.274 e. The molecule has 3 aromatic rings. The minimum absolute atomic E-state index is 0.143. The van der Waals surface area contributed by atoms with Crippen molar-refractivity contribution in [2.45, 2.75) is 27.2 Å². The summed E-state index contributed by atoms with van der Waals surface area (Å²) in [5, 5.41) is 2.98. The second kappa shape index (κ2) is 6.16. The van der Waals surface area contributed by atoms with Gasteiger partial charge >= 0.3 is 0 Å². The highest BCUT2D eigenvalue weighted by Gasteiger charge is 2.18. The quantitative estimate of drug-likeness (QED) is 0.734. The normalized spacial score (nSPS) is 11.0. The molecule has 5 heteroatoms. The Morgan fingerprint density at radius 3 is 2.70 bits per heavy atom. The lowest BCUT2D eigenvalue weighted by molar-refractivity contribution is 0.102. The van der Waals surface area contributed by atoms with E-state index in [0.717, 1.165) is 27.1 Å². The van der Waals surface area contributed by atoms with Crippen LogP contribution in [0.1, 0.15) is 34.2 Å². The van der Waals surface area contributed by atoms with Crippen LogP contribution in [0.5, 0.6) is 0 Å². The Morgan fingerprint density at radius 1 is 1.22 bits per heavy atom. The first kappa shape index (κ1) is 15.7. The molecule has 0 bridgehead atoms. The van der Waals surface area contributed by atoms with Crippen LogP contribution in [0.15, 0.2) is 41.0 Å². The summed E-state index contributed by atoms with van der Waals surface area (Å²) in [6.45, 7) is 6.09. The molecule has 0 unspecified atom stereocenters. The molecule has 0 fully saturated rings. The highest BCUT2D eigenvalue weighted by atomic mass is 79.9. The molecule has 4 nitrogen and oxygen atoms in total. The third-order valence-corrected chi connectivity index (χ3v) is 4.44. The number of aromatic nitrogens is 2. The second-order valence-electron chi connectivity index (χ2n) is 5.59. The van der Waals surface area contributed by atoms with Gasteiger partial charge in [0.2, 0.25) is 0 Å². The molecule has 23 heavy (non-hydrogen) atoms. The standard InChI is InChI=1S/C18H18BrN3O/c1-4-15-17(22-10-13(19)6-8-16(22)21-15)18(23)20-14-7-5-11(2)12(3)9-14/h5-10H,4H2,1-3H3,(H,20,23). The van der Waals surface area contributed by atoms with E-state index in [9.17, 15) is 4.79 Å². The number of imidazole rings is 1. The van der Waals surface area contributed by atoms with E-state index in [0.29, 0.717) is 12.1 Å². The molecule has 1 amide bonds. The Hall–Kier alpha value is -2.14. The maximum atomic E-state index is 12.8. The fourth-order valence-electron chi connectivity index (χ4n) is 2.56. The zero-order valence-corrected chi connectivity index (χ0v) is 14.9. The summed E-state index contributed by atoms with van der Waals surface area (Å²) in [4.78, 5) is 17.3. The number of nitrogens with one attached hydrogen (secondary N) is 1. The number of pyridine rings is 1. The lowest BCUT2D eigenvalue weighted by Crippen LogP contribution is -2.16. The first-order chi connectivity index (χ1) is 11.0. The molecule has 0 radical (unpaired) electrons. The van der Waals surface area contributed by atoms with Crippen LogP contribution in [0.3, 0.4) is 0 Å². The van der Waals surface area contributed by atoms with Gasteiger partial charge in [-0.05, 0) is 71.6 Å². The van der Waals surface area contributed by atoms with Crippen molar-refractivity contribution >= 4 is 33.2 Å². The van der Waals surface area contributed by atoms with Gasteiger partial charge in [-0.15, -0.1) is 0 Å². The number of fused-ring (bicyclic) bond motifs is 1. The fraction of sp³-hybridized carbons (Fsp3) is 0.222. The van der Waals surface area contributed by atoms with Gasteiger partial charge in [0, 0.05) is 16.4 Å². The van der Waals surface area contributed by atoms with Crippen LogP contribution < -0.4 is 5.32 Å². The Morgan fingerprint density at radius 2 is 2.00 bits per heavy atom. The van der Waals surface area contributed by atoms with Gasteiger partial charge in [0.25, 0.3) is 5.91 Å². The molecule has 0 saturated carbocycles. The van der Waals surface area contributed by atoms with Gasteiger partial charge in [-0.25, -0.2) is 4.98 Å². The number of halogens is 1. The second-order valence-corrected chi connectivity index (χ2v) is 6.51. The number of carbonyl (C=O) groups excluding carboxylic acids is 1. The summed E-state index contributed by atoms with van der Waals surface area (Å²) in [6.07, 6.45) is 2.58. The number of hydrogen-bond donors (Lipinski definition) is 1. The minimum Gasteiger partial charge on any atom is -0.321 e. The Kier molecular flexibility index (Phi) is 4.22. The van der Waals surface area contributed by atoms with Crippen molar-refractivity contribution in [2.75, 3.05) is 5.32 Å². The zero-order chi connectivity index (χ0) is 16.6. The summed E-state index contributed by atoms with van der Waals surface area (Å²) in [5.74, 6) is -0.143. The number of aryl methyl sites for hydroxylation is 3. The number of amides is 1. The average molecular weight is 372 g/mol. The van der Waals surface area contributed by atoms with E-state index in [2.05, 4.69) is 33.2 Å². The van der Waals surface area contributed by atoms with E-state index < -0.39 is 0 Å². The van der Waals surface area contributed by atoms with Crippen LogP contribution in [0.2, 0.25) is 0 Å². The third kappa shape index (κ3) is 3.01. The number of anilines is 1. The van der Waals surface area contributed by atoms with Gasteiger partial charge in [0.1, 0.15) is 11.3 Å². The molecule has 1 N–H and O–H groups in total. The molecule has 0 aliphatic heterocycles. The van der Waals surface area contributed by atoms with Crippen molar-refractivity contribution in [1.29, 1.82) is 0 Å². The molecule has 1 aromatic carbocycles. The van der Waals surface area contributed by atoms with E-state index in [1.165, 1.54) is 5.56 Å². The maximum absolute atomic E-state index is 12.8. The van der Waals surface area contributed by atoms with Gasteiger partial charge in [0.05, 0.1) is 5.69 Å². The molecule has 0 aliphatic carbocycles. The highest BCUT2D eigenvalue weighted by molar-refractivity contribution is 9.10. The van der Waals surface area contributed by atoms with Gasteiger partial charge in [0.15, 0.2) is 0 Å². The molecule has 0 spiro atoms. The molecular weight excluding hydrogens is 354 g/mol. The van der Waals surface area contributed by atoms with Gasteiger partial charge in [-0.2, -0.15) is 0 Å². The Labute approximate surface area is 143 Å². The Balaban J connectivity index is 2.02. The van der Waals surface area contributed by atoms with Crippen LogP contribution in [0.4, 0.5) is 5.69 Å². The van der Waals surface area contributed by atoms with E-state index >= 15 is 0 Å². The first-order valence-electron chi connectivity index (χ1n) is 7.54. The number of carbonyl (C=O) groups is 1. The van der Waals surface area contributed by atoms with Crippen molar-refractivity contribution in [2.24, 2.45) is 0 Å². The van der Waals surface area contributed by atoms with Crippen molar-refractivity contribution in [3.05, 3.63) is 63.5 Å². The lowest BCUT2D eigenvalue weighted by Gasteiger charge is -2.09. The molecule has 2 heterocycles. The van der Waals surface area contributed by atoms with E-state index in [1.54, 1.807) is 0 Å². The summed E-state index contributed by atoms with van der Waals surface area (Å²) in [6, 6.07) is 9.74. The molecule has 118 valence electrons. The molecule has 3 rings (SSSR count). The third-order valence-electron chi connectivity index (χ3n) is 3.97. The summed E-state index contributed by atoms with van der Waals surface area (Å²) < 4.78 is 2.74. The van der Waals surface area contributed by atoms with Gasteiger partial charge in [-0.1, -0.05) is 13.0 Å². The van der Waals surface area contributed by atoms with Crippen LogP contribution in [0.25, 0.3) is 5.65 Å². The van der Waals surface area contributed by atoms with Gasteiger partial charge < -0.3 is 5.32 Å². The molecule has 0 atom stereocenters. The predicted molar refractivity (Wildman–Crippen MR) is 96.1 cm³/mol. The largest absolute Gasteiger partial charge is 0.321 e. The Bertz CT molecular complexity index is 899. The molecule has 0 aliphatic rings. The SMILES string of the molecule is CCc1nc2ccc(Br)cn2c1C(=O)Nc1ccc(C)c(C)c1. The van der Waals surface area contributed by atoms with E-state index in [1.807, 2.05) is 54.8 Å². The van der Waals surface area contributed by atoms with Crippen LogP contribution in [-0.4, -0.2) is 15.3 Å². The number of benzene rings is 1. The topological polar surface area (TPSA) is 46.4 Å². The van der Waals surface area contributed by atoms with Crippen molar-refractivity contribution in [1.82, 2.24) is 9.38 Å². The number of hydrogen-bond acceptors (Lipinski definition) is 2. The molecular formula is C18H18BrN3O. The fourth-order valence-corrected chi connectivity index (χ4v) is 2.90. The first-order valence-corrected chi connectivity index (χ1v) is 8.34.